The molecular formula is H8AlSiSrTiZr. The Balaban J connectivity index is -0.00000000167. The standard InChI is InChI=1S/Al.H3Si.Sr.Ti.Zr.5H/h;1H3;;;;;;;;. The molecule has 0 atom stereocenters. The zero-order valence-corrected chi connectivity index (χ0v) is 8.02. The van der Waals surface area contributed by atoms with Gasteiger partial charge in [0.2, 0.25) is 0 Å². The molecule has 0 N–H and O–H groups in total. The first kappa shape index (κ1) is 23.2. The van der Waals surface area contributed by atoms with Gasteiger partial charge in [-0.1, -0.05) is 0 Å². The van der Waals surface area contributed by atoms with E-state index in [2.05, 4.69) is 0 Å². The van der Waals surface area contributed by atoms with Crippen molar-refractivity contribution >= 4 is 70.2 Å². The Morgan fingerprint density at radius 3 is 1.20 bits per heavy atom. The van der Waals surface area contributed by atoms with Crippen molar-refractivity contribution in [1.29, 1.82) is 0 Å². The van der Waals surface area contributed by atoms with E-state index in [9.17, 15) is 0 Å². The fourth-order valence-electron chi connectivity index (χ4n) is 0. The van der Waals surface area contributed by atoms with E-state index in [1.54, 1.807) is 23.9 Å². The Morgan fingerprint density at radius 1 is 1.20 bits per heavy atom. The van der Waals surface area contributed by atoms with E-state index in [1.807, 2.05) is 0 Å². The van der Waals surface area contributed by atoms with Crippen LogP contribution >= 0.6 is 0 Å². The predicted molar refractivity (Wildman–Crippen MR) is 28.4 cm³/mol. The summed E-state index contributed by atoms with van der Waals surface area (Å²) in [6.45, 7) is 0. The maximum Gasteiger partial charge on any atom is 0 e. The summed E-state index contributed by atoms with van der Waals surface area (Å²) < 4.78 is 0. The molecule has 0 saturated carbocycles. The van der Waals surface area contributed by atoms with Crippen LogP contribution in [0.25, 0.3) is 0 Å². The molecule has 5 heteroatoms. The van der Waals surface area contributed by atoms with E-state index in [-0.39, 0.29) is 84.6 Å². The topological polar surface area (TPSA) is 0 Å². The second-order valence-corrected chi connectivity index (χ2v) is 0. The second-order valence-electron chi connectivity index (χ2n) is 0. The van der Waals surface area contributed by atoms with Crippen molar-refractivity contribution in [3.8, 4) is 0 Å². The molecule has 0 bridgehead atoms. The zero-order chi connectivity index (χ0) is 2.00. The van der Waals surface area contributed by atoms with Gasteiger partial charge in [0.15, 0.2) is 17.4 Å². The van der Waals surface area contributed by atoms with Gasteiger partial charge >= 0.3 is 76.7 Å². The molecule has 0 aromatic rings. The van der Waals surface area contributed by atoms with Gasteiger partial charge in [0.25, 0.3) is 0 Å². The summed E-state index contributed by atoms with van der Waals surface area (Å²) in [4.78, 5) is 0. The summed E-state index contributed by atoms with van der Waals surface area (Å²) in [6, 6.07) is 0. The SMILES string of the molecule is [AlH3].[SiH3][Zr].[SrH2].[Ti]. The third kappa shape index (κ3) is 18.1. The summed E-state index contributed by atoms with van der Waals surface area (Å²) in [5.74, 6) is 0. The van der Waals surface area contributed by atoms with Crippen LogP contribution in [-0.4, -0.2) is 70.2 Å². The van der Waals surface area contributed by atoms with Crippen LogP contribution in [0.15, 0.2) is 0 Å². The van der Waals surface area contributed by atoms with Crippen molar-refractivity contribution in [1.82, 2.24) is 0 Å². The summed E-state index contributed by atoms with van der Waals surface area (Å²) in [7, 11) is 1.40. The molecule has 0 aliphatic rings. The molecule has 0 saturated heterocycles. The van der Waals surface area contributed by atoms with E-state index in [1.165, 1.54) is 7.37 Å². The van der Waals surface area contributed by atoms with Gasteiger partial charge < -0.3 is 0 Å². The van der Waals surface area contributed by atoms with E-state index in [4.69, 9.17) is 0 Å². The Hall–Kier alpha value is 3.83. The molecule has 5 heavy (non-hydrogen) atoms. The van der Waals surface area contributed by atoms with Crippen LogP contribution < -0.4 is 0 Å². The largest absolute Gasteiger partial charge is 0 e. The molecule has 0 spiro atoms. The van der Waals surface area contributed by atoms with Crippen LogP contribution in [0.4, 0.5) is 0 Å². The Labute approximate surface area is 113 Å². The zero-order valence-electron chi connectivity index (χ0n) is 2.00. The van der Waals surface area contributed by atoms with Gasteiger partial charge in [-0.15, -0.1) is 0 Å². The minimum Gasteiger partial charge on any atom is 0 e. The van der Waals surface area contributed by atoms with Crippen molar-refractivity contribution in [3.05, 3.63) is 0 Å². The van der Waals surface area contributed by atoms with Crippen LogP contribution in [0.1, 0.15) is 0 Å². The number of hydrogen-bond donors (Lipinski definition) is 0. The average Bonchev–Trinajstić information content (AvgIpc) is 1.00. The van der Waals surface area contributed by atoms with Crippen LogP contribution in [0.5, 0.6) is 0 Å². The number of rotatable bonds is 0. The molecule has 0 aliphatic heterocycles. The quantitative estimate of drug-likeness (QED) is 0.410. The van der Waals surface area contributed by atoms with Gasteiger partial charge in [-0.3, -0.25) is 0 Å². The van der Waals surface area contributed by atoms with Crippen LogP contribution in [0.3, 0.4) is 0 Å². The summed E-state index contributed by atoms with van der Waals surface area (Å²) in [6.07, 6.45) is 0. The Morgan fingerprint density at radius 2 is 1.20 bits per heavy atom. The maximum atomic E-state index is 1.69. The Kier molecular flexibility index (Phi) is 116. The van der Waals surface area contributed by atoms with Crippen molar-refractivity contribution in [2.75, 3.05) is 0 Å². The molecule has 0 aromatic carbocycles. The molecule has 0 amide bonds. The molecule has 0 nitrogen and oxygen atoms in total. The smallest absolute Gasteiger partial charge is 0 e. The predicted octanol–water partition coefficient (Wildman–Crippen LogP) is -3.29. The molecule has 0 rings (SSSR count). The third-order valence-electron chi connectivity index (χ3n) is 0. The van der Waals surface area contributed by atoms with Crippen molar-refractivity contribution < 1.29 is 45.6 Å². The molecule has 0 aromatic heterocycles. The molecule has 0 heterocycles. The second kappa shape index (κ2) is 24.9. The van der Waals surface area contributed by atoms with E-state index >= 15 is 0 Å². The van der Waals surface area contributed by atoms with E-state index in [0.29, 0.717) is 0 Å². The van der Waals surface area contributed by atoms with Gasteiger partial charge in [-0.25, -0.2) is 0 Å². The first-order valence-corrected chi connectivity index (χ1v) is 8.87. The maximum absolute atomic E-state index is 1.69. The molecule has 0 fully saturated rings. The first-order chi connectivity index (χ1) is 1.00. The molecule has 25 valence electrons. The molecule has 0 aliphatic carbocycles. The van der Waals surface area contributed by atoms with Crippen molar-refractivity contribution in [3.63, 3.8) is 0 Å². The fourth-order valence-corrected chi connectivity index (χ4v) is 0. The van der Waals surface area contributed by atoms with Gasteiger partial charge in [-0.2, -0.15) is 0 Å². The molecule has 0 radical (unpaired) electrons. The van der Waals surface area contributed by atoms with Gasteiger partial charge in [-0.05, 0) is 0 Å². The van der Waals surface area contributed by atoms with E-state index in [0.717, 1.165) is 0 Å². The summed E-state index contributed by atoms with van der Waals surface area (Å²) in [5.41, 5.74) is 0. The average molecular weight is 290 g/mol. The minimum atomic E-state index is 0. The molecule has 0 unspecified atom stereocenters. The normalized spacial score (nSPS) is 1.40. The first-order valence-electron chi connectivity index (χ1n) is 0.500. The molecular weight excluding hydrogens is 282 g/mol. The van der Waals surface area contributed by atoms with E-state index < -0.39 is 0 Å². The van der Waals surface area contributed by atoms with Crippen molar-refractivity contribution in [2.24, 2.45) is 0 Å². The van der Waals surface area contributed by atoms with Crippen LogP contribution in [0.2, 0.25) is 0 Å². The van der Waals surface area contributed by atoms with Gasteiger partial charge in [0.05, 0.1) is 0 Å². The van der Waals surface area contributed by atoms with Crippen LogP contribution in [-0.2, 0) is 45.6 Å². The van der Waals surface area contributed by atoms with Gasteiger partial charge in [0.1, 0.15) is 0 Å². The fraction of sp³-hybridized carbons (Fsp3) is 0. The minimum absolute atomic E-state index is 0. The van der Waals surface area contributed by atoms with Gasteiger partial charge in [0, 0.05) is 21.7 Å². The Bertz CT molecular complexity index is 11.6. The monoisotopic (exact) mass is 289 g/mol. The number of hydrogen-bond acceptors (Lipinski definition) is 0. The summed E-state index contributed by atoms with van der Waals surface area (Å²) in [5, 5.41) is 0. The third-order valence-corrected chi connectivity index (χ3v) is 0. The summed E-state index contributed by atoms with van der Waals surface area (Å²) >= 11 is 1.69. The van der Waals surface area contributed by atoms with Crippen LogP contribution in [0, 0.1) is 0 Å². The van der Waals surface area contributed by atoms with Crippen molar-refractivity contribution in [2.45, 2.75) is 0 Å².